The lowest BCUT2D eigenvalue weighted by Crippen LogP contribution is -2.26. The van der Waals surface area contributed by atoms with E-state index in [0.29, 0.717) is 59.6 Å². The summed E-state index contributed by atoms with van der Waals surface area (Å²) in [6, 6.07) is 10.6. The molecule has 15 nitrogen and oxygen atoms in total. The molecule has 6 N–H and O–H groups in total. The number of benzene rings is 2. The summed E-state index contributed by atoms with van der Waals surface area (Å²) in [7, 11) is 1.59. The molecule has 0 aliphatic heterocycles. The molecule has 0 spiro atoms. The SMILES string of the molecule is CCN(CC)CCCNc1nc(NCCCN(CC)CC)nc(Nc2ccc(N=Nc3cc(OCCOC)c(N)cc3NC(C)=O)cc2)n1. The molecule has 0 radical (unpaired) electrons. The van der Waals surface area contributed by atoms with Crippen LogP contribution in [0.15, 0.2) is 46.6 Å². The van der Waals surface area contributed by atoms with E-state index in [2.05, 4.69) is 83.9 Å². The van der Waals surface area contributed by atoms with Gasteiger partial charge in [0.15, 0.2) is 0 Å². The zero-order valence-corrected chi connectivity index (χ0v) is 29.9. The van der Waals surface area contributed by atoms with Crippen LogP contribution in [0.3, 0.4) is 0 Å². The topological polar surface area (TPSA) is 180 Å². The Morgan fingerprint density at radius 3 is 1.92 bits per heavy atom. The molecule has 1 heterocycles. The summed E-state index contributed by atoms with van der Waals surface area (Å²) >= 11 is 0. The number of azo groups is 1. The van der Waals surface area contributed by atoms with E-state index in [9.17, 15) is 4.79 Å². The third-order valence-corrected chi connectivity index (χ3v) is 7.67. The Morgan fingerprint density at radius 2 is 1.39 bits per heavy atom. The van der Waals surface area contributed by atoms with E-state index < -0.39 is 0 Å². The number of nitrogens with one attached hydrogen (secondary N) is 4. The number of hydrogen-bond donors (Lipinski definition) is 5. The number of amides is 1. The van der Waals surface area contributed by atoms with Crippen LogP contribution in [0, 0.1) is 0 Å². The van der Waals surface area contributed by atoms with E-state index in [0.717, 1.165) is 70.9 Å². The van der Waals surface area contributed by atoms with Gasteiger partial charge >= 0.3 is 0 Å². The number of carbonyl (C=O) groups excluding carboxylic acids is 1. The van der Waals surface area contributed by atoms with Gasteiger partial charge in [0.1, 0.15) is 18.0 Å². The molecule has 268 valence electrons. The second-order valence-corrected chi connectivity index (χ2v) is 11.2. The molecule has 0 saturated carbocycles. The van der Waals surface area contributed by atoms with Crippen LogP contribution in [0.1, 0.15) is 47.5 Å². The van der Waals surface area contributed by atoms with Crippen molar-refractivity contribution in [3.05, 3.63) is 36.4 Å². The third kappa shape index (κ3) is 13.8. The molecule has 0 bridgehead atoms. The zero-order valence-electron chi connectivity index (χ0n) is 29.9. The Morgan fingerprint density at radius 1 is 0.816 bits per heavy atom. The summed E-state index contributed by atoms with van der Waals surface area (Å²) in [4.78, 5) is 30.5. The van der Waals surface area contributed by atoms with Crippen molar-refractivity contribution >= 4 is 52.2 Å². The van der Waals surface area contributed by atoms with Crippen molar-refractivity contribution in [2.24, 2.45) is 10.2 Å². The molecule has 0 saturated heterocycles. The normalized spacial score (nSPS) is 11.3. The summed E-state index contributed by atoms with van der Waals surface area (Å²) in [6.07, 6.45) is 1.95. The number of anilines is 6. The molecule has 1 amide bonds. The van der Waals surface area contributed by atoms with Gasteiger partial charge in [-0.25, -0.2) is 0 Å². The van der Waals surface area contributed by atoms with Crippen LogP contribution in [0.5, 0.6) is 5.75 Å². The van der Waals surface area contributed by atoms with E-state index in [1.54, 1.807) is 19.2 Å². The Bertz CT molecular complexity index is 1410. The van der Waals surface area contributed by atoms with Crippen LogP contribution >= 0.6 is 0 Å². The van der Waals surface area contributed by atoms with Crippen molar-refractivity contribution in [1.82, 2.24) is 24.8 Å². The maximum absolute atomic E-state index is 11.8. The molecule has 0 unspecified atom stereocenters. The lowest BCUT2D eigenvalue weighted by Gasteiger charge is -2.18. The second-order valence-electron chi connectivity index (χ2n) is 11.2. The van der Waals surface area contributed by atoms with Gasteiger partial charge in [-0.15, -0.1) is 5.11 Å². The quantitative estimate of drug-likeness (QED) is 0.0457. The molecule has 1 aromatic heterocycles. The molecule has 0 aliphatic carbocycles. The predicted molar refractivity (Wildman–Crippen MR) is 198 cm³/mol. The Balaban J connectivity index is 1.73. The summed E-state index contributed by atoms with van der Waals surface area (Å²) in [6.45, 7) is 18.5. The van der Waals surface area contributed by atoms with Gasteiger partial charge in [-0.05, 0) is 82.4 Å². The van der Waals surface area contributed by atoms with E-state index in [1.807, 2.05) is 24.3 Å². The van der Waals surface area contributed by atoms with Crippen molar-refractivity contribution in [3.63, 3.8) is 0 Å². The molecule has 3 aromatic rings. The number of ether oxygens (including phenoxy) is 2. The molecule has 0 fully saturated rings. The van der Waals surface area contributed by atoms with Crippen LogP contribution in [0.4, 0.5) is 46.3 Å². The van der Waals surface area contributed by atoms with Crippen LogP contribution < -0.4 is 31.7 Å². The molecule has 0 aliphatic rings. The van der Waals surface area contributed by atoms with Gasteiger partial charge in [-0.3, -0.25) is 4.79 Å². The average Bonchev–Trinajstić information content (AvgIpc) is 3.09. The first-order chi connectivity index (χ1) is 23.8. The van der Waals surface area contributed by atoms with Gasteiger partial charge in [-0.1, -0.05) is 27.7 Å². The van der Waals surface area contributed by atoms with Gasteiger partial charge < -0.3 is 46.3 Å². The standard InChI is InChI=1S/C34H54N12O3/c1-7-45(8-2)19-11-17-36-32-40-33(37-18-12-20-46(9-3)10-4)42-34(41-32)39-26-13-15-27(16-14-26)43-44-30-24-31(49-22-21-48-6)28(35)23-29(30)38-25(5)47/h13-16,23-24H,7-12,17-22,35H2,1-6H3,(H,38,47)(H3,36,37,39,40,41,42). The van der Waals surface area contributed by atoms with E-state index >= 15 is 0 Å². The van der Waals surface area contributed by atoms with Crippen LogP contribution in [-0.2, 0) is 9.53 Å². The zero-order chi connectivity index (χ0) is 35.4. The van der Waals surface area contributed by atoms with Crippen molar-refractivity contribution in [2.75, 3.05) is 99.7 Å². The van der Waals surface area contributed by atoms with Crippen LogP contribution in [0.25, 0.3) is 0 Å². The van der Waals surface area contributed by atoms with Crippen LogP contribution in [-0.4, -0.2) is 103 Å². The van der Waals surface area contributed by atoms with E-state index in [1.165, 1.54) is 6.92 Å². The summed E-state index contributed by atoms with van der Waals surface area (Å²) < 4.78 is 10.8. The number of rotatable bonds is 23. The molecule has 49 heavy (non-hydrogen) atoms. The number of hydrogen-bond acceptors (Lipinski definition) is 14. The van der Waals surface area contributed by atoms with Crippen molar-refractivity contribution < 1.29 is 14.3 Å². The molecular formula is C34H54N12O3. The first-order valence-corrected chi connectivity index (χ1v) is 17.1. The Labute approximate surface area is 290 Å². The smallest absolute Gasteiger partial charge is 0.233 e. The van der Waals surface area contributed by atoms with Crippen molar-refractivity contribution in [2.45, 2.75) is 47.5 Å². The lowest BCUT2D eigenvalue weighted by molar-refractivity contribution is -0.114. The summed E-state index contributed by atoms with van der Waals surface area (Å²) in [5, 5.41) is 21.5. The predicted octanol–water partition coefficient (Wildman–Crippen LogP) is 5.88. The summed E-state index contributed by atoms with van der Waals surface area (Å²) in [5.74, 6) is 1.61. The molecule has 15 heteroatoms. The van der Waals surface area contributed by atoms with Crippen molar-refractivity contribution in [1.29, 1.82) is 0 Å². The molecule has 3 rings (SSSR count). The summed E-state index contributed by atoms with van der Waals surface area (Å²) in [5.41, 5.74) is 8.69. The third-order valence-electron chi connectivity index (χ3n) is 7.67. The van der Waals surface area contributed by atoms with E-state index in [4.69, 9.17) is 15.2 Å². The number of methoxy groups -OCH3 is 1. The molecule has 0 atom stereocenters. The van der Waals surface area contributed by atoms with Gasteiger partial charge in [0.2, 0.25) is 23.8 Å². The highest BCUT2D eigenvalue weighted by molar-refractivity contribution is 5.93. The number of nitrogen functional groups attached to an aromatic ring is 1. The average molecular weight is 679 g/mol. The highest BCUT2D eigenvalue weighted by Gasteiger charge is 2.12. The maximum Gasteiger partial charge on any atom is 0.233 e. The Kier molecular flexibility index (Phi) is 17.0. The van der Waals surface area contributed by atoms with E-state index in [-0.39, 0.29) is 5.91 Å². The minimum atomic E-state index is -0.256. The largest absolute Gasteiger partial charge is 0.489 e. The Hall–Kier alpha value is -4.60. The fraction of sp³-hybridized carbons (Fsp3) is 0.529. The molecular weight excluding hydrogens is 624 g/mol. The first-order valence-electron chi connectivity index (χ1n) is 17.1. The number of carbonyl (C=O) groups is 1. The van der Waals surface area contributed by atoms with Gasteiger partial charge in [-0.2, -0.15) is 20.1 Å². The lowest BCUT2D eigenvalue weighted by atomic mass is 10.2. The number of nitrogens with two attached hydrogens (primary N) is 1. The minimum Gasteiger partial charge on any atom is -0.489 e. The number of nitrogens with zero attached hydrogens (tertiary/aromatic N) is 7. The monoisotopic (exact) mass is 678 g/mol. The highest BCUT2D eigenvalue weighted by atomic mass is 16.5. The molecule has 2 aromatic carbocycles. The van der Waals surface area contributed by atoms with Gasteiger partial charge in [0, 0.05) is 38.9 Å². The minimum absolute atomic E-state index is 0.256. The van der Waals surface area contributed by atoms with Crippen LogP contribution in [0.2, 0.25) is 0 Å². The fourth-order valence-electron chi connectivity index (χ4n) is 4.85. The second kappa shape index (κ2) is 21.4. The van der Waals surface area contributed by atoms with Gasteiger partial charge in [0.25, 0.3) is 0 Å². The maximum atomic E-state index is 11.8. The fourth-order valence-corrected chi connectivity index (χ4v) is 4.85. The first kappa shape index (κ1) is 38.8. The highest BCUT2D eigenvalue weighted by Crippen LogP contribution is 2.36. The van der Waals surface area contributed by atoms with Crippen molar-refractivity contribution in [3.8, 4) is 5.75 Å². The van der Waals surface area contributed by atoms with Gasteiger partial charge in [0.05, 0.1) is 23.7 Å². The number of aromatic nitrogens is 3.